The van der Waals surface area contributed by atoms with Crippen molar-refractivity contribution in [2.75, 3.05) is 0 Å². The van der Waals surface area contributed by atoms with Crippen LogP contribution >= 0.6 is 0 Å². The standard InChI is InChI=1S/C20H18O5/c1-3-16-20(24-13-8-6-5-7-9-13)19(22)15-11-10-14(12-17(15)25-16)23-18(21)4-2/h5-12H,3-4H2,1-2H3. The van der Waals surface area contributed by atoms with Gasteiger partial charge in [-0.1, -0.05) is 32.0 Å². The summed E-state index contributed by atoms with van der Waals surface area (Å²) in [7, 11) is 0. The summed E-state index contributed by atoms with van der Waals surface area (Å²) in [4.78, 5) is 24.2. The first-order valence-corrected chi connectivity index (χ1v) is 8.15. The minimum atomic E-state index is -0.346. The van der Waals surface area contributed by atoms with E-state index in [4.69, 9.17) is 13.9 Å². The Labute approximate surface area is 144 Å². The maximum Gasteiger partial charge on any atom is 0.310 e. The van der Waals surface area contributed by atoms with Gasteiger partial charge in [0.15, 0.2) is 5.76 Å². The molecule has 0 fully saturated rings. The second-order valence-corrected chi connectivity index (χ2v) is 5.44. The molecule has 1 aromatic heterocycles. The van der Waals surface area contributed by atoms with E-state index < -0.39 is 0 Å². The zero-order valence-electron chi connectivity index (χ0n) is 14.1. The van der Waals surface area contributed by atoms with E-state index in [1.165, 1.54) is 0 Å². The Hall–Kier alpha value is -3.08. The molecule has 0 radical (unpaired) electrons. The Bertz CT molecular complexity index is 957. The molecule has 0 saturated carbocycles. The fraction of sp³-hybridized carbons (Fsp3) is 0.200. The van der Waals surface area contributed by atoms with E-state index in [-0.39, 0.29) is 23.6 Å². The van der Waals surface area contributed by atoms with Gasteiger partial charge in [0.1, 0.15) is 17.1 Å². The molecule has 0 spiro atoms. The zero-order valence-corrected chi connectivity index (χ0v) is 14.1. The Balaban J connectivity index is 2.07. The van der Waals surface area contributed by atoms with E-state index >= 15 is 0 Å². The summed E-state index contributed by atoms with van der Waals surface area (Å²) in [6.45, 7) is 3.59. The van der Waals surface area contributed by atoms with E-state index in [9.17, 15) is 9.59 Å². The van der Waals surface area contributed by atoms with Crippen LogP contribution in [0.1, 0.15) is 26.0 Å². The molecule has 25 heavy (non-hydrogen) atoms. The van der Waals surface area contributed by atoms with Crippen LogP contribution in [0.5, 0.6) is 17.2 Å². The average molecular weight is 338 g/mol. The van der Waals surface area contributed by atoms with Gasteiger partial charge in [-0.25, -0.2) is 0 Å². The summed E-state index contributed by atoms with van der Waals surface area (Å²) < 4.78 is 16.8. The molecule has 0 atom stereocenters. The highest BCUT2D eigenvalue weighted by atomic mass is 16.5. The summed E-state index contributed by atoms with van der Waals surface area (Å²) >= 11 is 0. The highest BCUT2D eigenvalue weighted by Crippen LogP contribution is 2.28. The fourth-order valence-corrected chi connectivity index (χ4v) is 2.41. The number of hydrogen-bond acceptors (Lipinski definition) is 5. The molecule has 0 aliphatic heterocycles. The van der Waals surface area contributed by atoms with Crippen molar-refractivity contribution in [1.29, 1.82) is 0 Å². The minimum Gasteiger partial charge on any atom is -0.457 e. The van der Waals surface area contributed by atoms with E-state index in [2.05, 4.69) is 0 Å². The van der Waals surface area contributed by atoms with Crippen LogP contribution in [0.25, 0.3) is 11.0 Å². The normalized spacial score (nSPS) is 10.6. The number of fused-ring (bicyclic) bond motifs is 1. The molecule has 3 aromatic rings. The van der Waals surface area contributed by atoms with Gasteiger partial charge in [0, 0.05) is 18.9 Å². The second-order valence-electron chi connectivity index (χ2n) is 5.44. The maximum absolute atomic E-state index is 12.8. The summed E-state index contributed by atoms with van der Waals surface area (Å²) in [6, 6.07) is 13.8. The summed E-state index contributed by atoms with van der Waals surface area (Å²) in [5.41, 5.74) is 0.110. The van der Waals surface area contributed by atoms with Crippen LogP contribution in [0.4, 0.5) is 0 Å². The number of benzene rings is 2. The second kappa shape index (κ2) is 7.21. The van der Waals surface area contributed by atoms with Gasteiger partial charge in [0.05, 0.1) is 5.39 Å². The third-order valence-corrected chi connectivity index (χ3v) is 3.69. The van der Waals surface area contributed by atoms with Crippen LogP contribution in [0.15, 0.2) is 57.7 Å². The number of ether oxygens (including phenoxy) is 2. The molecule has 0 saturated heterocycles. The first kappa shape index (κ1) is 16.8. The lowest BCUT2D eigenvalue weighted by Crippen LogP contribution is -2.09. The van der Waals surface area contributed by atoms with Gasteiger partial charge in [-0.3, -0.25) is 9.59 Å². The number of hydrogen-bond donors (Lipinski definition) is 0. The molecule has 0 aliphatic carbocycles. The monoisotopic (exact) mass is 338 g/mol. The third-order valence-electron chi connectivity index (χ3n) is 3.69. The number of aryl methyl sites for hydroxylation is 1. The molecule has 1 heterocycles. The van der Waals surface area contributed by atoms with Crippen molar-refractivity contribution in [3.8, 4) is 17.2 Å². The molecule has 5 nitrogen and oxygen atoms in total. The molecule has 0 bridgehead atoms. The number of carbonyl (C=O) groups is 1. The van der Waals surface area contributed by atoms with Crippen molar-refractivity contribution in [2.45, 2.75) is 26.7 Å². The number of carbonyl (C=O) groups excluding carboxylic acids is 1. The van der Waals surface area contributed by atoms with Gasteiger partial charge in [-0.05, 0) is 24.3 Å². The van der Waals surface area contributed by atoms with E-state index in [1.807, 2.05) is 25.1 Å². The van der Waals surface area contributed by atoms with Crippen LogP contribution in [0.2, 0.25) is 0 Å². The molecule has 0 aliphatic rings. The van der Waals surface area contributed by atoms with Crippen molar-refractivity contribution < 1.29 is 18.7 Å². The molecule has 128 valence electrons. The zero-order chi connectivity index (χ0) is 17.8. The summed E-state index contributed by atoms with van der Waals surface area (Å²) in [5, 5.41) is 0.374. The lowest BCUT2D eigenvalue weighted by Gasteiger charge is -2.11. The molecule has 5 heteroatoms. The van der Waals surface area contributed by atoms with Crippen molar-refractivity contribution in [3.05, 3.63) is 64.5 Å². The maximum atomic E-state index is 12.8. The van der Waals surface area contributed by atoms with E-state index in [0.29, 0.717) is 34.6 Å². The molecule has 2 aromatic carbocycles. The van der Waals surface area contributed by atoms with Gasteiger partial charge >= 0.3 is 5.97 Å². The average Bonchev–Trinajstić information content (AvgIpc) is 2.64. The van der Waals surface area contributed by atoms with Gasteiger partial charge < -0.3 is 13.9 Å². The van der Waals surface area contributed by atoms with E-state index in [1.54, 1.807) is 37.3 Å². The van der Waals surface area contributed by atoms with Gasteiger partial charge in [-0.2, -0.15) is 0 Å². The highest BCUT2D eigenvalue weighted by Gasteiger charge is 2.16. The Morgan fingerprint density at radius 2 is 1.80 bits per heavy atom. The Kier molecular flexibility index (Phi) is 4.84. The Morgan fingerprint density at radius 1 is 1.04 bits per heavy atom. The largest absolute Gasteiger partial charge is 0.457 e. The van der Waals surface area contributed by atoms with Crippen LogP contribution in [-0.4, -0.2) is 5.97 Å². The SMILES string of the molecule is CCC(=O)Oc1ccc2c(=O)c(Oc3ccccc3)c(CC)oc2c1. The lowest BCUT2D eigenvalue weighted by atomic mass is 10.2. The van der Waals surface area contributed by atoms with Crippen molar-refractivity contribution in [3.63, 3.8) is 0 Å². The smallest absolute Gasteiger partial charge is 0.310 e. The molecular formula is C20H18O5. The van der Waals surface area contributed by atoms with Gasteiger partial charge in [0.2, 0.25) is 11.2 Å². The topological polar surface area (TPSA) is 65.7 Å². The third kappa shape index (κ3) is 3.55. The number of esters is 1. The quantitative estimate of drug-likeness (QED) is 0.507. The van der Waals surface area contributed by atoms with Crippen LogP contribution in [-0.2, 0) is 11.2 Å². The first-order valence-electron chi connectivity index (χ1n) is 8.15. The fourth-order valence-electron chi connectivity index (χ4n) is 2.41. The molecule has 3 rings (SSSR count). The van der Waals surface area contributed by atoms with Crippen molar-refractivity contribution >= 4 is 16.9 Å². The Morgan fingerprint density at radius 3 is 2.48 bits per heavy atom. The van der Waals surface area contributed by atoms with Gasteiger partial charge in [-0.15, -0.1) is 0 Å². The minimum absolute atomic E-state index is 0.180. The summed E-state index contributed by atoms with van der Waals surface area (Å²) in [6.07, 6.45) is 0.762. The van der Waals surface area contributed by atoms with Crippen LogP contribution in [0.3, 0.4) is 0 Å². The lowest BCUT2D eigenvalue weighted by molar-refractivity contribution is -0.134. The van der Waals surface area contributed by atoms with Gasteiger partial charge in [0.25, 0.3) is 0 Å². The summed E-state index contributed by atoms with van der Waals surface area (Å²) in [5.74, 6) is 1.19. The molecule has 0 amide bonds. The number of rotatable bonds is 5. The van der Waals surface area contributed by atoms with Crippen LogP contribution < -0.4 is 14.9 Å². The molecule has 0 N–H and O–H groups in total. The predicted octanol–water partition coefficient (Wildman–Crippen LogP) is 4.46. The van der Waals surface area contributed by atoms with Crippen LogP contribution in [0, 0.1) is 0 Å². The highest BCUT2D eigenvalue weighted by molar-refractivity contribution is 5.81. The van der Waals surface area contributed by atoms with E-state index in [0.717, 1.165) is 0 Å². The van der Waals surface area contributed by atoms with Crippen molar-refractivity contribution in [2.24, 2.45) is 0 Å². The molecular weight excluding hydrogens is 320 g/mol. The molecule has 0 unspecified atom stereocenters. The van der Waals surface area contributed by atoms with Crippen molar-refractivity contribution in [1.82, 2.24) is 0 Å². The first-order chi connectivity index (χ1) is 12.1. The predicted molar refractivity (Wildman–Crippen MR) is 94.3 cm³/mol. The number of para-hydroxylation sites is 1.